The van der Waals surface area contributed by atoms with Gasteiger partial charge in [0.2, 0.25) is 0 Å². The lowest BCUT2D eigenvalue weighted by molar-refractivity contribution is 1.35. The van der Waals surface area contributed by atoms with Crippen LogP contribution < -0.4 is 68.0 Å². The molecule has 3 nitrogen and oxygen atoms in total. The fraction of sp³-hybridized carbons (Fsp3) is 0. The Morgan fingerprint density at radius 3 is 0.747 bits per heavy atom. The first-order chi connectivity index (χ1) is 45.2. The van der Waals surface area contributed by atoms with Gasteiger partial charge in [0.1, 0.15) is 0 Å². The number of nitrogens with zero attached hydrogens (tertiary/aromatic N) is 3. The van der Waals surface area contributed by atoms with E-state index in [2.05, 4.69) is 342 Å². The molecule has 0 N–H and O–H groups in total. The third-order valence-corrected chi connectivity index (χ3v) is 25.8. The molecule has 0 atom stereocenters. The fourth-order valence-corrected chi connectivity index (χ4v) is 22.1. The number of para-hydroxylation sites is 6. The molecule has 91 heavy (non-hydrogen) atoms. The van der Waals surface area contributed by atoms with Gasteiger partial charge in [-0.25, -0.2) is 0 Å². The van der Waals surface area contributed by atoms with Gasteiger partial charge < -0.3 is 14.4 Å². The van der Waals surface area contributed by atoms with E-state index >= 15 is 0 Å². The van der Waals surface area contributed by atoms with Gasteiger partial charge in [-0.15, -0.1) is 0 Å². The smallest absolute Gasteiger partial charge is 0.329 e. The van der Waals surface area contributed by atoms with Gasteiger partial charge in [-0.3, -0.25) is 0 Å². The number of anilines is 6. The van der Waals surface area contributed by atoms with E-state index in [0.29, 0.717) is 0 Å². The summed E-state index contributed by atoms with van der Waals surface area (Å²) in [7, 11) is -3.16. The Labute approximate surface area is 532 Å². The lowest BCUT2D eigenvalue weighted by Gasteiger charge is -2.44. The van der Waals surface area contributed by atoms with Gasteiger partial charge in [-0.1, -0.05) is 279 Å². The Kier molecular flexibility index (Phi) is 10.9. The molecule has 0 fully saturated rings. The van der Waals surface area contributed by atoms with Crippen LogP contribution in [-0.2, 0) is 0 Å². The van der Waals surface area contributed by atoms with Crippen molar-refractivity contribution in [3.05, 3.63) is 328 Å². The van der Waals surface area contributed by atoms with E-state index in [1.54, 1.807) is 0 Å². The molecule has 418 valence electrons. The summed E-state index contributed by atoms with van der Waals surface area (Å²) in [6.45, 7) is -0.0240. The molecular weight excluding hydrogens is 1110 g/mol. The van der Waals surface area contributed by atoms with Crippen molar-refractivity contribution in [3.8, 4) is 77.9 Å². The number of hydrogen-bond acceptors (Lipinski definition) is 3. The van der Waals surface area contributed by atoms with Crippen LogP contribution in [0.15, 0.2) is 328 Å². The van der Waals surface area contributed by atoms with E-state index < -0.39 is 8.07 Å². The zero-order valence-corrected chi connectivity index (χ0v) is 50.8. The van der Waals surface area contributed by atoms with Crippen LogP contribution in [0.25, 0.3) is 77.9 Å². The predicted molar refractivity (Wildman–Crippen MR) is 389 cm³/mol. The average molecular weight is 1170 g/mol. The number of fused-ring (bicyclic) bond motifs is 33. The first-order valence-electron chi connectivity index (χ1n) is 32.0. The zero-order valence-electron chi connectivity index (χ0n) is 49.8. The van der Waals surface area contributed by atoms with Gasteiger partial charge in [0.05, 0.1) is 0 Å². The van der Waals surface area contributed by atoms with Gasteiger partial charge in [0, 0.05) is 67.5 Å². The van der Waals surface area contributed by atoms with Crippen molar-refractivity contribution < 1.29 is 0 Å². The van der Waals surface area contributed by atoms with Gasteiger partial charge >= 0.3 is 20.5 Å². The van der Waals surface area contributed by atoms with Crippen LogP contribution >= 0.6 is 0 Å². The number of rotatable bonds is 5. The van der Waals surface area contributed by atoms with Crippen LogP contribution in [0.1, 0.15) is 0 Å². The Balaban J connectivity index is 0.763. The quantitative estimate of drug-likeness (QED) is 0.126. The normalized spacial score (nSPS) is 13.6. The summed E-state index contributed by atoms with van der Waals surface area (Å²) in [5.41, 5.74) is 33.2. The molecule has 20 rings (SSSR count). The molecule has 0 amide bonds. The van der Waals surface area contributed by atoms with Gasteiger partial charge in [0.25, 0.3) is 0 Å². The van der Waals surface area contributed by atoms with E-state index in [1.165, 1.54) is 166 Å². The van der Waals surface area contributed by atoms with Crippen LogP contribution in [0, 0.1) is 0 Å². The Hall–Kier alpha value is -11.1. The molecule has 7 heteroatoms. The van der Waals surface area contributed by atoms with E-state index in [1.807, 2.05) is 0 Å². The molecule has 14 aromatic carbocycles. The van der Waals surface area contributed by atoms with Gasteiger partial charge in [-0.05, 0) is 147 Å². The number of benzene rings is 14. The fourth-order valence-electron chi connectivity index (χ4n) is 17.3. The summed E-state index contributed by atoms with van der Waals surface area (Å²) in [6, 6.07) is 125. The van der Waals surface area contributed by atoms with E-state index in [0.717, 1.165) is 0 Å². The molecule has 14 aromatic rings. The molecular formula is C84H54B3N3Si. The molecule has 0 spiro atoms. The largest absolute Gasteiger partial charge is 0.376 e. The third-order valence-electron chi connectivity index (χ3n) is 21.0. The highest BCUT2D eigenvalue weighted by Gasteiger charge is 2.49. The third kappa shape index (κ3) is 7.07. The molecule has 0 aromatic heterocycles. The summed E-state index contributed by atoms with van der Waals surface area (Å²) in [5.74, 6) is 0. The molecule has 0 saturated heterocycles. The SMILES string of the molecule is c1ccc([Si](c2ccccc2)(c2ccc3c(c2)-c2ccccc2N2B3c3ccccc3-c3ccccc32)c2ccc3c(c2)-c2ccccc2N2B3c3ccc(-c4ccc5c(c4)-c4ccccc4N4B5c5ccccc5-c5ccccc54)cc3-c3ccccc32)cc1. The maximum absolute atomic E-state index is 3.16. The molecule has 0 aliphatic carbocycles. The zero-order chi connectivity index (χ0) is 59.5. The summed E-state index contributed by atoms with van der Waals surface area (Å²) in [5, 5.41) is 5.44. The highest BCUT2D eigenvalue weighted by molar-refractivity contribution is 7.20. The summed E-state index contributed by atoms with van der Waals surface area (Å²) < 4.78 is 0. The van der Waals surface area contributed by atoms with Crippen LogP contribution in [0.5, 0.6) is 0 Å². The van der Waals surface area contributed by atoms with Crippen LogP contribution in [-0.4, -0.2) is 28.6 Å². The first-order valence-corrected chi connectivity index (χ1v) is 34.0. The highest BCUT2D eigenvalue weighted by Crippen LogP contribution is 2.50. The first kappa shape index (κ1) is 50.8. The molecule has 6 aliphatic rings. The van der Waals surface area contributed by atoms with E-state index in [9.17, 15) is 0 Å². The van der Waals surface area contributed by atoms with Crippen LogP contribution in [0.4, 0.5) is 34.1 Å². The summed E-state index contributed by atoms with van der Waals surface area (Å²) in [4.78, 5) is 7.83. The molecule has 0 bridgehead atoms. The van der Waals surface area contributed by atoms with Crippen molar-refractivity contribution in [1.82, 2.24) is 0 Å². The second kappa shape index (κ2) is 19.4. The lowest BCUT2D eigenvalue weighted by Crippen LogP contribution is -2.75. The van der Waals surface area contributed by atoms with Crippen LogP contribution in [0.2, 0.25) is 0 Å². The maximum Gasteiger partial charge on any atom is 0.329 e. The van der Waals surface area contributed by atoms with Crippen molar-refractivity contribution in [2.24, 2.45) is 0 Å². The highest BCUT2D eigenvalue weighted by atomic mass is 28.3. The molecule has 0 unspecified atom stereocenters. The second-order valence-corrected chi connectivity index (χ2v) is 29.1. The number of hydrogen-bond donors (Lipinski definition) is 0. The second-order valence-electron chi connectivity index (χ2n) is 25.3. The molecule has 0 saturated carbocycles. The van der Waals surface area contributed by atoms with Gasteiger partial charge in [-0.2, -0.15) is 0 Å². The summed E-state index contributed by atoms with van der Waals surface area (Å²) >= 11 is 0. The lowest BCUT2D eigenvalue weighted by atomic mass is 9.43. The van der Waals surface area contributed by atoms with Crippen molar-refractivity contribution in [2.45, 2.75) is 0 Å². The standard InChI is InChI=1S/C84H54B3N3Si/c1-3-23-57(24-4-1)91(58-25-5-2-6-26-58,59-45-49-77-71(53-59)67-33-13-21-41-83(67)89-80-38-18-10-30-64(80)62-28-8-16-36-74(62)86(77)89)60-46-50-78-72(54-60)68-34-14-22-42-84(68)90-82-40-20-12-32-66(82)70-52-56(44-48-76(70)87(78)90)55-43-47-75-69(51-55)65-31-11-19-39-81(65)88-79-37-17-9-29-63(79)61-27-7-15-35-73(61)85(75)88/h1-54H. The average Bonchev–Trinajstić information content (AvgIpc) is 0.756. The Bertz CT molecular complexity index is 5360. The molecule has 6 heterocycles. The minimum absolute atomic E-state index is 0.00796. The Morgan fingerprint density at radius 1 is 0.176 bits per heavy atom. The van der Waals surface area contributed by atoms with Crippen molar-refractivity contribution in [3.63, 3.8) is 0 Å². The maximum atomic E-state index is 2.64. The summed E-state index contributed by atoms with van der Waals surface area (Å²) in [6.07, 6.45) is 0. The monoisotopic (exact) mass is 1170 g/mol. The minimum atomic E-state index is -3.16. The van der Waals surface area contributed by atoms with Crippen molar-refractivity contribution in [1.29, 1.82) is 0 Å². The van der Waals surface area contributed by atoms with E-state index in [-0.39, 0.29) is 20.5 Å². The Morgan fingerprint density at radius 2 is 0.418 bits per heavy atom. The van der Waals surface area contributed by atoms with Crippen molar-refractivity contribution >= 4 is 116 Å². The molecule has 6 aliphatic heterocycles. The van der Waals surface area contributed by atoms with Crippen LogP contribution in [0.3, 0.4) is 0 Å². The molecule has 0 radical (unpaired) electrons. The minimum Gasteiger partial charge on any atom is -0.376 e. The van der Waals surface area contributed by atoms with Gasteiger partial charge in [0.15, 0.2) is 8.07 Å². The topological polar surface area (TPSA) is 9.72 Å². The van der Waals surface area contributed by atoms with Crippen molar-refractivity contribution in [2.75, 3.05) is 14.4 Å². The van der Waals surface area contributed by atoms with E-state index in [4.69, 9.17) is 0 Å². The predicted octanol–water partition coefficient (Wildman–Crippen LogP) is 13.4.